The molecule has 0 aliphatic carbocycles. The number of halogens is 1. The average Bonchev–Trinajstić information content (AvgIpc) is 3.26. The Balaban J connectivity index is 1.71. The lowest BCUT2D eigenvalue weighted by molar-refractivity contribution is -0.142. The van der Waals surface area contributed by atoms with Gasteiger partial charge in [0.2, 0.25) is 0 Å². The molecule has 37 heavy (non-hydrogen) atoms. The third-order valence-electron chi connectivity index (χ3n) is 6.06. The van der Waals surface area contributed by atoms with Crippen LogP contribution in [0.2, 0.25) is 0 Å². The number of hydrogen-bond acceptors (Lipinski definition) is 6. The molecule has 8 nitrogen and oxygen atoms in total. The summed E-state index contributed by atoms with van der Waals surface area (Å²) in [7, 11) is 0. The van der Waals surface area contributed by atoms with Crippen LogP contribution in [0.3, 0.4) is 0 Å². The Labute approximate surface area is 213 Å². The molecule has 2 aromatic heterocycles. The van der Waals surface area contributed by atoms with Crippen LogP contribution in [-0.4, -0.2) is 33.9 Å². The highest BCUT2D eigenvalue weighted by molar-refractivity contribution is 6.00. The summed E-state index contributed by atoms with van der Waals surface area (Å²) in [6, 6.07) is 16.6. The number of amides is 1. The first-order chi connectivity index (χ1) is 17.6. The van der Waals surface area contributed by atoms with Gasteiger partial charge in [0.15, 0.2) is 5.76 Å². The fourth-order valence-corrected chi connectivity index (χ4v) is 3.80. The molecule has 1 amide bonds. The molecule has 0 fully saturated rings. The maximum absolute atomic E-state index is 14.7. The van der Waals surface area contributed by atoms with Gasteiger partial charge in [-0.3, -0.25) is 9.78 Å². The van der Waals surface area contributed by atoms with Crippen molar-refractivity contribution in [2.24, 2.45) is 0 Å². The van der Waals surface area contributed by atoms with Crippen molar-refractivity contribution in [1.29, 1.82) is 0 Å². The Hall–Kier alpha value is -4.53. The molecule has 1 N–H and O–H groups in total. The molecule has 0 bridgehead atoms. The SMILES string of the molecule is CCOC(=O)N(c1ccccc1F)c1c(C)noc1-c1ccc(-c2ccc(C(C)(C)C(=O)O)cn2)cc1. The van der Waals surface area contributed by atoms with Crippen LogP contribution in [0.5, 0.6) is 0 Å². The van der Waals surface area contributed by atoms with Crippen LogP contribution in [0.15, 0.2) is 71.4 Å². The Morgan fingerprint density at radius 1 is 1.05 bits per heavy atom. The molecule has 2 heterocycles. The Bertz CT molecular complexity index is 1430. The van der Waals surface area contributed by atoms with E-state index in [1.165, 1.54) is 18.2 Å². The summed E-state index contributed by atoms with van der Waals surface area (Å²) in [4.78, 5) is 30.0. The van der Waals surface area contributed by atoms with E-state index in [-0.39, 0.29) is 23.7 Å². The standard InChI is InChI=1S/C28H26FN3O5/c1-5-36-27(35)32(23-9-7-6-8-21(23)29)24-17(2)31-37-25(24)19-12-10-18(11-13-19)22-15-14-20(16-30-22)28(3,4)26(33)34/h6-16H,5H2,1-4H3,(H,33,34). The summed E-state index contributed by atoms with van der Waals surface area (Å²) in [6.45, 7) is 6.68. The van der Waals surface area contributed by atoms with Crippen LogP contribution < -0.4 is 4.90 Å². The number of aryl methyl sites for hydroxylation is 1. The van der Waals surface area contributed by atoms with Crippen molar-refractivity contribution in [3.05, 3.63) is 83.9 Å². The molecule has 9 heteroatoms. The van der Waals surface area contributed by atoms with E-state index < -0.39 is 23.3 Å². The number of pyridine rings is 1. The smallest absolute Gasteiger partial charge is 0.419 e. The molecule has 0 atom stereocenters. The van der Waals surface area contributed by atoms with Crippen molar-refractivity contribution in [2.45, 2.75) is 33.1 Å². The highest BCUT2D eigenvalue weighted by Crippen LogP contribution is 2.40. The second-order valence-corrected chi connectivity index (χ2v) is 8.87. The molecular weight excluding hydrogens is 477 g/mol. The van der Waals surface area contributed by atoms with Crippen LogP contribution in [0.1, 0.15) is 32.0 Å². The van der Waals surface area contributed by atoms with Gasteiger partial charge in [-0.05, 0) is 51.5 Å². The van der Waals surface area contributed by atoms with Crippen molar-refractivity contribution < 1.29 is 28.3 Å². The number of rotatable bonds is 7. The lowest BCUT2D eigenvalue weighted by atomic mass is 9.86. The number of ether oxygens (including phenoxy) is 1. The third-order valence-corrected chi connectivity index (χ3v) is 6.06. The lowest BCUT2D eigenvalue weighted by Gasteiger charge is -2.22. The van der Waals surface area contributed by atoms with Crippen LogP contribution in [0.4, 0.5) is 20.6 Å². The summed E-state index contributed by atoms with van der Waals surface area (Å²) < 4.78 is 25.5. The first-order valence-electron chi connectivity index (χ1n) is 11.6. The van der Waals surface area contributed by atoms with Crippen molar-refractivity contribution >= 4 is 23.4 Å². The minimum atomic E-state index is -1.06. The second-order valence-electron chi connectivity index (χ2n) is 8.87. The summed E-state index contributed by atoms with van der Waals surface area (Å²) in [5.74, 6) is -1.26. The minimum absolute atomic E-state index is 0.0127. The molecule has 0 radical (unpaired) electrons. The van der Waals surface area contributed by atoms with E-state index >= 15 is 0 Å². The van der Waals surface area contributed by atoms with Crippen molar-refractivity contribution in [3.63, 3.8) is 0 Å². The zero-order chi connectivity index (χ0) is 26.7. The van der Waals surface area contributed by atoms with E-state index in [1.807, 2.05) is 12.1 Å². The number of carboxylic acids is 1. The average molecular weight is 504 g/mol. The predicted molar refractivity (Wildman–Crippen MR) is 136 cm³/mol. The number of aliphatic carboxylic acids is 1. The number of benzene rings is 2. The number of carbonyl (C=O) groups is 2. The van der Waals surface area contributed by atoms with Crippen LogP contribution >= 0.6 is 0 Å². The molecule has 4 rings (SSSR count). The number of carbonyl (C=O) groups excluding carboxylic acids is 1. The molecule has 190 valence electrons. The molecule has 2 aromatic carbocycles. The predicted octanol–water partition coefficient (Wildman–Crippen LogP) is 6.51. The Kier molecular flexibility index (Phi) is 7.06. The number of carboxylic acid groups (broad SMARTS) is 1. The topological polar surface area (TPSA) is 106 Å². The number of aromatic nitrogens is 2. The zero-order valence-corrected chi connectivity index (χ0v) is 20.9. The fourth-order valence-electron chi connectivity index (χ4n) is 3.80. The van der Waals surface area contributed by atoms with Gasteiger partial charge in [0, 0.05) is 17.3 Å². The van der Waals surface area contributed by atoms with Gasteiger partial charge in [-0.15, -0.1) is 0 Å². The first-order valence-corrected chi connectivity index (χ1v) is 11.6. The number of nitrogens with zero attached hydrogens (tertiary/aromatic N) is 3. The minimum Gasteiger partial charge on any atom is -0.481 e. The van der Waals surface area contributed by atoms with E-state index in [0.717, 1.165) is 10.5 Å². The molecule has 0 aliphatic heterocycles. The maximum Gasteiger partial charge on any atom is 0.419 e. The van der Waals surface area contributed by atoms with Gasteiger partial charge >= 0.3 is 12.1 Å². The molecule has 0 saturated carbocycles. The van der Waals surface area contributed by atoms with E-state index in [4.69, 9.17) is 9.26 Å². The van der Waals surface area contributed by atoms with Gasteiger partial charge in [-0.2, -0.15) is 0 Å². The summed E-state index contributed by atoms with van der Waals surface area (Å²) >= 11 is 0. The molecular formula is C28H26FN3O5. The Morgan fingerprint density at radius 2 is 1.73 bits per heavy atom. The van der Waals surface area contributed by atoms with Crippen molar-refractivity contribution in [3.8, 4) is 22.6 Å². The monoisotopic (exact) mass is 503 g/mol. The fraction of sp³-hybridized carbons (Fsp3) is 0.214. The highest BCUT2D eigenvalue weighted by atomic mass is 19.1. The van der Waals surface area contributed by atoms with Gasteiger partial charge in [-0.1, -0.05) is 47.6 Å². The number of para-hydroxylation sites is 1. The lowest BCUT2D eigenvalue weighted by Crippen LogP contribution is -2.28. The third kappa shape index (κ3) is 4.93. The van der Waals surface area contributed by atoms with Gasteiger partial charge in [0.05, 0.1) is 23.4 Å². The summed E-state index contributed by atoms with van der Waals surface area (Å²) in [5.41, 5.74) is 2.26. The molecule has 0 unspecified atom stereocenters. The Morgan fingerprint density at radius 3 is 2.32 bits per heavy atom. The van der Waals surface area contributed by atoms with Crippen LogP contribution in [0.25, 0.3) is 22.6 Å². The molecule has 0 spiro atoms. The highest BCUT2D eigenvalue weighted by Gasteiger charge is 2.31. The van der Waals surface area contributed by atoms with Gasteiger partial charge in [0.1, 0.15) is 17.2 Å². The largest absolute Gasteiger partial charge is 0.481 e. The van der Waals surface area contributed by atoms with Gasteiger partial charge in [0.25, 0.3) is 0 Å². The van der Waals surface area contributed by atoms with E-state index in [1.54, 1.807) is 64.2 Å². The van der Waals surface area contributed by atoms with E-state index in [0.29, 0.717) is 22.5 Å². The van der Waals surface area contributed by atoms with Crippen LogP contribution in [0, 0.1) is 12.7 Å². The zero-order valence-electron chi connectivity index (χ0n) is 20.9. The van der Waals surface area contributed by atoms with Crippen molar-refractivity contribution in [1.82, 2.24) is 10.1 Å². The first kappa shape index (κ1) is 25.6. The normalized spacial score (nSPS) is 11.3. The second kappa shape index (κ2) is 10.2. The molecule has 0 aliphatic rings. The van der Waals surface area contributed by atoms with Crippen LogP contribution in [-0.2, 0) is 14.9 Å². The quantitative estimate of drug-likeness (QED) is 0.306. The van der Waals surface area contributed by atoms with Gasteiger partial charge < -0.3 is 14.4 Å². The molecule has 0 saturated heterocycles. The number of anilines is 2. The number of hydrogen-bond donors (Lipinski definition) is 1. The summed E-state index contributed by atoms with van der Waals surface area (Å²) in [6.07, 6.45) is 0.798. The molecule has 4 aromatic rings. The summed E-state index contributed by atoms with van der Waals surface area (Å²) in [5, 5.41) is 13.5. The van der Waals surface area contributed by atoms with Crippen molar-refractivity contribution in [2.75, 3.05) is 11.5 Å². The van der Waals surface area contributed by atoms with E-state index in [2.05, 4.69) is 10.1 Å². The maximum atomic E-state index is 14.7. The van der Waals surface area contributed by atoms with E-state index in [9.17, 15) is 19.1 Å². The van der Waals surface area contributed by atoms with Gasteiger partial charge in [-0.25, -0.2) is 14.1 Å².